The van der Waals surface area contributed by atoms with Crippen molar-refractivity contribution < 1.29 is 19.1 Å². The highest BCUT2D eigenvalue weighted by Gasteiger charge is 2.36. The van der Waals surface area contributed by atoms with Gasteiger partial charge in [-0.2, -0.15) is 0 Å². The van der Waals surface area contributed by atoms with Gasteiger partial charge in [0.2, 0.25) is 5.91 Å². The lowest BCUT2D eigenvalue weighted by Crippen LogP contribution is -2.45. The van der Waals surface area contributed by atoms with Crippen LogP contribution >= 0.6 is 0 Å². The van der Waals surface area contributed by atoms with E-state index >= 15 is 0 Å². The van der Waals surface area contributed by atoms with E-state index in [1.54, 1.807) is 12.1 Å². The van der Waals surface area contributed by atoms with E-state index in [4.69, 9.17) is 4.74 Å². The molecule has 2 N–H and O–H groups in total. The number of esters is 1. The topological polar surface area (TPSA) is 87.7 Å². The molecule has 1 aromatic rings. The van der Waals surface area contributed by atoms with Crippen molar-refractivity contribution in [3.05, 3.63) is 23.8 Å². The van der Waals surface area contributed by atoms with Gasteiger partial charge in [0, 0.05) is 12.6 Å². The van der Waals surface area contributed by atoms with E-state index in [1.807, 2.05) is 6.07 Å². The molecule has 0 bridgehead atoms. The molecule has 4 atom stereocenters. The minimum Gasteiger partial charge on any atom is -0.452 e. The van der Waals surface area contributed by atoms with Gasteiger partial charge in [0.15, 0.2) is 6.61 Å². The van der Waals surface area contributed by atoms with Gasteiger partial charge in [0.1, 0.15) is 6.04 Å². The summed E-state index contributed by atoms with van der Waals surface area (Å²) in [5, 5.41) is 5.89. The van der Waals surface area contributed by atoms with Crippen LogP contribution in [-0.2, 0) is 14.3 Å². The summed E-state index contributed by atoms with van der Waals surface area (Å²) in [5.41, 5.74) is 1.88. The minimum atomic E-state index is -0.564. The Morgan fingerprint density at radius 2 is 2.03 bits per heavy atom. The lowest BCUT2D eigenvalue weighted by Gasteiger charge is -2.34. The zero-order valence-corrected chi connectivity index (χ0v) is 17.1. The van der Waals surface area contributed by atoms with E-state index in [2.05, 4.69) is 29.4 Å². The molecule has 1 saturated carbocycles. The Labute approximate surface area is 171 Å². The first-order chi connectivity index (χ1) is 13.9. The summed E-state index contributed by atoms with van der Waals surface area (Å²) in [6, 6.07) is 5.18. The predicted octanol–water partition coefficient (Wildman–Crippen LogP) is 2.71. The van der Waals surface area contributed by atoms with E-state index in [0.29, 0.717) is 23.1 Å². The molecular formula is C22H29N3O4. The number of nitrogens with zero attached hydrogens (tertiary/aromatic N) is 1. The van der Waals surface area contributed by atoms with Crippen molar-refractivity contribution >= 4 is 29.2 Å². The molecule has 2 heterocycles. The Kier molecular flexibility index (Phi) is 5.48. The first-order valence-electron chi connectivity index (χ1n) is 10.6. The van der Waals surface area contributed by atoms with Crippen LogP contribution in [0.4, 0.5) is 11.4 Å². The summed E-state index contributed by atoms with van der Waals surface area (Å²) in [6.45, 7) is 4.91. The van der Waals surface area contributed by atoms with Crippen molar-refractivity contribution in [1.82, 2.24) is 5.32 Å². The first-order valence-corrected chi connectivity index (χ1v) is 10.6. The van der Waals surface area contributed by atoms with E-state index in [1.165, 1.54) is 6.42 Å². The average Bonchev–Trinajstić information content (AvgIpc) is 3.20. The Morgan fingerprint density at radius 3 is 2.86 bits per heavy atom. The van der Waals surface area contributed by atoms with Crippen molar-refractivity contribution in [3.8, 4) is 0 Å². The molecule has 29 heavy (non-hydrogen) atoms. The van der Waals surface area contributed by atoms with Gasteiger partial charge >= 0.3 is 5.97 Å². The van der Waals surface area contributed by atoms with Crippen molar-refractivity contribution in [2.75, 3.05) is 23.4 Å². The summed E-state index contributed by atoms with van der Waals surface area (Å²) in [6.07, 6.45) is 5.09. The zero-order valence-electron chi connectivity index (χ0n) is 17.1. The third-order valence-corrected chi connectivity index (χ3v) is 6.74. The summed E-state index contributed by atoms with van der Waals surface area (Å²) < 4.78 is 5.22. The molecule has 2 aliphatic heterocycles. The van der Waals surface area contributed by atoms with Crippen LogP contribution in [0.2, 0.25) is 0 Å². The van der Waals surface area contributed by atoms with Crippen LogP contribution in [0.25, 0.3) is 0 Å². The predicted molar refractivity (Wildman–Crippen MR) is 110 cm³/mol. The van der Waals surface area contributed by atoms with Crippen LogP contribution in [0.15, 0.2) is 18.2 Å². The number of amides is 2. The molecule has 0 radical (unpaired) electrons. The van der Waals surface area contributed by atoms with Crippen LogP contribution in [0.3, 0.4) is 0 Å². The van der Waals surface area contributed by atoms with Crippen LogP contribution in [-0.4, -0.2) is 43.0 Å². The minimum absolute atomic E-state index is 0.0317. The third-order valence-electron chi connectivity index (χ3n) is 6.74. The number of hydrogen-bond acceptors (Lipinski definition) is 5. The van der Waals surface area contributed by atoms with E-state index in [0.717, 1.165) is 37.9 Å². The van der Waals surface area contributed by atoms with Gasteiger partial charge < -0.3 is 20.3 Å². The molecule has 1 saturated heterocycles. The molecule has 4 rings (SSSR count). The largest absolute Gasteiger partial charge is 0.452 e. The molecule has 0 spiro atoms. The van der Waals surface area contributed by atoms with Gasteiger partial charge in [-0.25, -0.2) is 4.79 Å². The summed E-state index contributed by atoms with van der Waals surface area (Å²) in [5.74, 6) is 0.136. The number of fused-ring (bicyclic) bond motifs is 3. The lowest BCUT2D eigenvalue weighted by atomic mass is 9.78. The van der Waals surface area contributed by atoms with Gasteiger partial charge in [0.25, 0.3) is 5.91 Å². The Hall–Kier alpha value is -2.57. The van der Waals surface area contributed by atoms with Crippen molar-refractivity contribution in [1.29, 1.82) is 0 Å². The van der Waals surface area contributed by atoms with Crippen molar-refractivity contribution in [3.63, 3.8) is 0 Å². The van der Waals surface area contributed by atoms with Crippen LogP contribution in [0.1, 0.15) is 56.3 Å². The highest BCUT2D eigenvalue weighted by molar-refractivity contribution is 6.05. The molecule has 0 unspecified atom stereocenters. The second kappa shape index (κ2) is 8.05. The fraction of sp³-hybridized carbons (Fsp3) is 0.591. The molecule has 2 amide bonds. The monoisotopic (exact) mass is 399 g/mol. The zero-order chi connectivity index (χ0) is 20.5. The molecule has 1 aromatic carbocycles. The lowest BCUT2D eigenvalue weighted by molar-refractivity contribution is -0.125. The van der Waals surface area contributed by atoms with Crippen LogP contribution in [0.5, 0.6) is 0 Å². The van der Waals surface area contributed by atoms with Gasteiger partial charge in [-0.15, -0.1) is 0 Å². The SMILES string of the molecule is C[C@@H]1[C@H](C)CCC[C@@H]1NC(=O)COC(=O)c1ccc2c(c1)NC(=O)[C@H]1CCCN21. The second-order valence-electron chi connectivity index (χ2n) is 8.59. The van der Waals surface area contributed by atoms with Gasteiger partial charge in [-0.1, -0.05) is 26.7 Å². The highest BCUT2D eigenvalue weighted by atomic mass is 16.5. The Balaban J connectivity index is 1.35. The molecule has 156 valence electrons. The van der Waals surface area contributed by atoms with Crippen molar-refractivity contribution in [2.24, 2.45) is 11.8 Å². The fourth-order valence-electron chi connectivity index (χ4n) is 4.81. The van der Waals surface area contributed by atoms with E-state index in [9.17, 15) is 14.4 Å². The smallest absolute Gasteiger partial charge is 0.338 e. The fourth-order valence-corrected chi connectivity index (χ4v) is 4.81. The molecule has 7 heteroatoms. The number of anilines is 2. The number of nitrogens with one attached hydrogen (secondary N) is 2. The first kappa shape index (κ1) is 19.7. The van der Waals surface area contributed by atoms with Crippen molar-refractivity contribution in [2.45, 2.75) is 58.0 Å². The molecule has 1 aliphatic carbocycles. The van der Waals surface area contributed by atoms with Gasteiger partial charge in [-0.05, 0) is 49.3 Å². The molecule has 7 nitrogen and oxygen atoms in total. The maximum Gasteiger partial charge on any atom is 0.338 e. The Bertz CT molecular complexity index is 824. The number of hydrogen-bond donors (Lipinski definition) is 2. The number of rotatable bonds is 4. The summed E-state index contributed by atoms with van der Waals surface area (Å²) in [7, 11) is 0. The standard InChI is InChI=1S/C22H29N3O4/c1-13-5-3-6-16(14(13)2)23-20(26)12-29-22(28)15-8-9-18-17(11-15)24-21(27)19-7-4-10-25(18)19/h8-9,11,13-14,16,19H,3-7,10,12H2,1-2H3,(H,23,26)(H,24,27)/t13-,14-,16+,19-/m1/s1. The van der Waals surface area contributed by atoms with Crippen LogP contribution in [0, 0.1) is 11.8 Å². The third kappa shape index (κ3) is 3.95. The average molecular weight is 399 g/mol. The number of benzene rings is 1. The van der Waals surface area contributed by atoms with Crippen LogP contribution < -0.4 is 15.5 Å². The summed E-state index contributed by atoms with van der Waals surface area (Å²) >= 11 is 0. The second-order valence-corrected chi connectivity index (χ2v) is 8.59. The Morgan fingerprint density at radius 1 is 1.21 bits per heavy atom. The number of carbonyl (C=O) groups excluding carboxylic acids is 3. The molecule has 2 fully saturated rings. The summed E-state index contributed by atoms with van der Waals surface area (Å²) in [4.78, 5) is 39.0. The van der Waals surface area contributed by atoms with Gasteiger partial charge in [-0.3, -0.25) is 9.59 Å². The number of carbonyl (C=O) groups is 3. The van der Waals surface area contributed by atoms with E-state index < -0.39 is 5.97 Å². The quantitative estimate of drug-likeness (QED) is 0.760. The normalized spacial score (nSPS) is 28.2. The maximum atomic E-state index is 12.4. The maximum absolute atomic E-state index is 12.4. The van der Waals surface area contributed by atoms with E-state index in [-0.39, 0.29) is 30.5 Å². The number of ether oxygens (including phenoxy) is 1. The molecular weight excluding hydrogens is 370 g/mol. The van der Waals surface area contributed by atoms with Gasteiger partial charge in [0.05, 0.1) is 16.9 Å². The highest BCUT2D eigenvalue weighted by Crippen LogP contribution is 2.37. The molecule has 3 aliphatic rings. The molecule has 0 aromatic heterocycles.